The van der Waals surface area contributed by atoms with E-state index in [1.54, 1.807) is 11.3 Å². The Morgan fingerprint density at radius 3 is 2.58 bits per heavy atom. The van der Waals surface area contributed by atoms with Crippen LogP contribution < -0.4 is 0 Å². The Morgan fingerprint density at radius 2 is 2.05 bits per heavy atom. The number of carbonyl (C=O) groups excluding carboxylic acids is 1. The Kier molecular flexibility index (Phi) is 4.58. The molecule has 0 spiro atoms. The number of carboxylic acids is 1. The maximum Gasteiger partial charge on any atom is 0.303 e. The van der Waals surface area contributed by atoms with E-state index in [4.69, 9.17) is 5.11 Å². The molecule has 2 heterocycles. The Bertz CT molecular complexity index is 461. The van der Waals surface area contributed by atoms with Crippen molar-refractivity contribution in [1.82, 2.24) is 4.90 Å². The van der Waals surface area contributed by atoms with Crippen molar-refractivity contribution >= 4 is 23.2 Å². The van der Waals surface area contributed by atoms with Gasteiger partial charge in [-0.1, -0.05) is 0 Å². The fourth-order valence-electron chi connectivity index (χ4n) is 2.47. The highest BCUT2D eigenvalue weighted by Gasteiger charge is 2.24. The van der Waals surface area contributed by atoms with Gasteiger partial charge in [-0.2, -0.15) is 0 Å². The van der Waals surface area contributed by atoms with Crippen molar-refractivity contribution in [2.24, 2.45) is 5.92 Å². The van der Waals surface area contributed by atoms with Crippen LogP contribution in [0.2, 0.25) is 0 Å². The van der Waals surface area contributed by atoms with E-state index >= 15 is 0 Å². The molecule has 2 rings (SSSR count). The molecular formula is C14H19NO3S. The second-order valence-electron chi connectivity index (χ2n) is 5.11. The number of nitrogens with zero attached hydrogens (tertiary/aromatic N) is 1. The minimum atomic E-state index is -0.737. The van der Waals surface area contributed by atoms with E-state index in [9.17, 15) is 9.59 Å². The van der Waals surface area contributed by atoms with Gasteiger partial charge in [-0.05, 0) is 37.8 Å². The molecule has 0 aliphatic carbocycles. The number of likely N-dealkylation sites (tertiary alicyclic amines) is 1. The number of aryl methyl sites for hydroxylation is 1. The van der Waals surface area contributed by atoms with Gasteiger partial charge in [0, 0.05) is 29.3 Å². The summed E-state index contributed by atoms with van der Waals surface area (Å²) in [7, 11) is 0. The molecule has 5 heteroatoms. The van der Waals surface area contributed by atoms with Crippen LogP contribution in [0.25, 0.3) is 0 Å². The Hall–Kier alpha value is -1.36. The quantitative estimate of drug-likeness (QED) is 0.921. The van der Waals surface area contributed by atoms with Gasteiger partial charge in [0.1, 0.15) is 0 Å². The zero-order valence-electron chi connectivity index (χ0n) is 11.1. The molecule has 1 amide bonds. The average Bonchev–Trinajstić information content (AvgIpc) is 2.75. The summed E-state index contributed by atoms with van der Waals surface area (Å²) in [6, 6.07) is 4.04. The zero-order valence-corrected chi connectivity index (χ0v) is 11.9. The summed E-state index contributed by atoms with van der Waals surface area (Å²) < 4.78 is 0. The topological polar surface area (TPSA) is 57.6 Å². The molecule has 0 unspecified atom stereocenters. The molecule has 0 atom stereocenters. The van der Waals surface area contributed by atoms with Crippen LogP contribution in [0.4, 0.5) is 0 Å². The number of aliphatic carboxylic acids is 1. The number of hydrogen-bond donors (Lipinski definition) is 1. The van der Waals surface area contributed by atoms with Crippen LogP contribution in [0.15, 0.2) is 12.1 Å². The van der Waals surface area contributed by atoms with Crippen LogP contribution in [0.3, 0.4) is 0 Å². The van der Waals surface area contributed by atoms with Crippen LogP contribution in [-0.2, 0) is 16.0 Å². The molecule has 1 fully saturated rings. The summed E-state index contributed by atoms with van der Waals surface area (Å²) in [6.45, 7) is 3.43. The van der Waals surface area contributed by atoms with Gasteiger partial charge in [0.25, 0.3) is 0 Å². The molecular weight excluding hydrogens is 262 g/mol. The summed E-state index contributed by atoms with van der Waals surface area (Å²) in [5.41, 5.74) is 0. The maximum absolute atomic E-state index is 12.1. The van der Waals surface area contributed by atoms with Crippen molar-refractivity contribution in [2.45, 2.75) is 32.6 Å². The SMILES string of the molecule is Cc1ccc(CC(=O)N2CCC(CC(=O)O)CC2)s1. The molecule has 1 aliphatic rings. The monoisotopic (exact) mass is 281 g/mol. The number of carbonyl (C=O) groups is 2. The van der Waals surface area contributed by atoms with E-state index in [2.05, 4.69) is 0 Å². The summed E-state index contributed by atoms with van der Waals surface area (Å²) in [6.07, 6.45) is 2.32. The Labute approximate surface area is 117 Å². The Morgan fingerprint density at radius 1 is 1.37 bits per heavy atom. The molecule has 4 nitrogen and oxygen atoms in total. The molecule has 0 saturated carbocycles. The molecule has 0 radical (unpaired) electrons. The van der Waals surface area contributed by atoms with Crippen LogP contribution in [-0.4, -0.2) is 35.0 Å². The smallest absolute Gasteiger partial charge is 0.303 e. The summed E-state index contributed by atoms with van der Waals surface area (Å²) >= 11 is 1.66. The van der Waals surface area contributed by atoms with Crippen LogP contribution >= 0.6 is 11.3 Å². The zero-order chi connectivity index (χ0) is 13.8. The first-order valence-electron chi connectivity index (χ1n) is 6.59. The maximum atomic E-state index is 12.1. The minimum absolute atomic E-state index is 0.163. The van der Waals surface area contributed by atoms with Crippen molar-refractivity contribution in [1.29, 1.82) is 0 Å². The van der Waals surface area contributed by atoms with E-state index in [0.29, 0.717) is 19.5 Å². The number of thiophene rings is 1. The predicted octanol–water partition coefficient (Wildman–Crippen LogP) is 2.31. The lowest BCUT2D eigenvalue weighted by atomic mass is 9.93. The van der Waals surface area contributed by atoms with Gasteiger partial charge in [0.15, 0.2) is 0 Å². The largest absolute Gasteiger partial charge is 0.481 e. The molecule has 1 aromatic rings. The van der Waals surface area contributed by atoms with Gasteiger partial charge in [0.05, 0.1) is 6.42 Å². The highest BCUT2D eigenvalue weighted by molar-refractivity contribution is 7.12. The average molecular weight is 281 g/mol. The molecule has 19 heavy (non-hydrogen) atoms. The lowest BCUT2D eigenvalue weighted by molar-refractivity contribution is -0.138. The summed E-state index contributed by atoms with van der Waals surface area (Å²) in [5.74, 6) is -0.347. The first-order chi connectivity index (χ1) is 9.04. The Balaban J connectivity index is 1.80. The predicted molar refractivity (Wildman–Crippen MR) is 74.3 cm³/mol. The van der Waals surface area contributed by atoms with Gasteiger partial charge in [0.2, 0.25) is 5.91 Å². The lowest BCUT2D eigenvalue weighted by Gasteiger charge is -2.31. The minimum Gasteiger partial charge on any atom is -0.481 e. The lowest BCUT2D eigenvalue weighted by Crippen LogP contribution is -2.39. The van der Waals surface area contributed by atoms with Gasteiger partial charge >= 0.3 is 5.97 Å². The summed E-state index contributed by atoms with van der Waals surface area (Å²) in [5, 5.41) is 8.76. The molecule has 0 bridgehead atoms. The van der Waals surface area contributed by atoms with Crippen molar-refractivity contribution in [3.63, 3.8) is 0 Å². The van der Waals surface area contributed by atoms with Crippen molar-refractivity contribution in [3.8, 4) is 0 Å². The van der Waals surface area contributed by atoms with Gasteiger partial charge in [-0.3, -0.25) is 9.59 Å². The standard InChI is InChI=1S/C14H19NO3S/c1-10-2-3-12(19-10)9-13(16)15-6-4-11(5-7-15)8-14(17)18/h2-3,11H,4-9H2,1H3,(H,17,18). The first kappa shape index (κ1) is 14.1. The summed E-state index contributed by atoms with van der Waals surface area (Å²) in [4.78, 5) is 27.0. The third kappa shape index (κ3) is 4.06. The van der Waals surface area contributed by atoms with E-state index < -0.39 is 5.97 Å². The number of piperidine rings is 1. The highest BCUT2D eigenvalue weighted by atomic mass is 32.1. The highest BCUT2D eigenvalue weighted by Crippen LogP contribution is 2.22. The molecule has 1 aromatic heterocycles. The van der Waals surface area contributed by atoms with Crippen molar-refractivity contribution in [2.75, 3.05) is 13.1 Å². The fourth-order valence-corrected chi connectivity index (χ4v) is 3.36. The van der Waals surface area contributed by atoms with Crippen LogP contribution in [0, 0.1) is 12.8 Å². The van der Waals surface area contributed by atoms with Crippen molar-refractivity contribution in [3.05, 3.63) is 21.9 Å². The molecule has 1 N–H and O–H groups in total. The van der Waals surface area contributed by atoms with E-state index in [1.807, 2.05) is 24.0 Å². The van der Waals surface area contributed by atoms with E-state index in [0.717, 1.165) is 17.7 Å². The second kappa shape index (κ2) is 6.19. The van der Waals surface area contributed by atoms with Crippen LogP contribution in [0.1, 0.15) is 29.0 Å². The number of carboxylic acid groups (broad SMARTS) is 1. The normalized spacial score (nSPS) is 16.6. The molecule has 0 aromatic carbocycles. The van der Waals surface area contributed by atoms with E-state index in [-0.39, 0.29) is 18.2 Å². The van der Waals surface area contributed by atoms with Crippen molar-refractivity contribution < 1.29 is 14.7 Å². The number of rotatable bonds is 4. The van der Waals surface area contributed by atoms with Crippen LogP contribution in [0.5, 0.6) is 0 Å². The molecule has 1 saturated heterocycles. The van der Waals surface area contributed by atoms with E-state index in [1.165, 1.54) is 4.88 Å². The number of amides is 1. The second-order valence-corrected chi connectivity index (χ2v) is 6.48. The molecule has 104 valence electrons. The fraction of sp³-hybridized carbons (Fsp3) is 0.571. The first-order valence-corrected chi connectivity index (χ1v) is 7.41. The van der Waals surface area contributed by atoms with Gasteiger partial charge < -0.3 is 10.0 Å². The third-order valence-corrected chi connectivity index (χ3v) is 4.55. The van der Waals surface area contributed by atoms with Gasteiger partial charge in [-0.15, -0.1) is 11.3 Å². The molecule has 1 aliphatic heterocycles. The third-order valence-electron chi connectivity index (χ3n) is 3.55. The number of hydrogen-bond acceptors (Lipinski definition) is 3. The van der Waals surface area contributed by atoms with Gasteiger partial charge in [-0.25, -0.2) is 0 Å².